The Bertz CT molecular complexity index is 1920. The Morgan fingerprint density at radius 3 is 2.04 bits per heavy atom. The number of imidazole rings is 2. The summed E-state index contributed by atoms with van der Waals surface area (Å²) in [5.74, 6) is -0.696. The molecule has 2 saturated carbocycles. The van der Waals surface area contributed by atoms with Gasteiger partial charge in [-0.1, -0.05) is 39.8 Å². The van der Waals surface area contributed by atoms with Crippen LogP contribution < -0.4 is 5.73 Å². The Labute approximate surface area is 304 Å². The van der Waals surface area contributed by atoms with Gasteiger partial charge < -0.3 is 40.0 Å². The van der Waals surface area contributed by atoms with Gasteiger partial charge in [-0.05, 0) is 31.6 Å². The lowest BCUT2D eigenvalue weighted by Crippen LogP contribution is -2.57. The van der Waals surface area contributed by atoms with Gasteiger partial charge >= 0.3 is 11.9 Å². The van der Waals surface area contributed by atoms with Gasteiger partial charge in [0.05, 0.1) is 12.7 Å². The van der Waals surface area contributed by atoms with Crippen LogP contribution >= 0.6 is 11.6 Å². The molecule has 284 valence electrons. The van der Waals surface area contributed by atoms with Gasteiger partial charge in [-0.2, -0.15) is 0 Å². The number of aromatic nitrogens is 8. The highest BCUT2D eigenvalue weighted by atomic mass is 35.5. The SMILES string of the molecule is C.C.CC[C@@H]1CC[C@@]12O[C@@H](n1cnc3c(Cl)ncnc31)C(OC(C)=O)[C@H]2OC(C)=O.Nc1ncnc2c1ncn2[C@@H]1O[C@@]2(CC[C@H]2CO)[C@H](O)C1O. The molecule has 0 aromatic carbocycles. The quantitative estimate of drug-likeness (QED) is 0.163. The van der Waals surface area contributed by atoms with Crippen LogP contribution in [0.15, 0.2) is 25.3 Å². The summed E-state index contributed by atoms with van der Waals surface area (Å²) in [6, 6.07) is 0. The van der Waals surface area contributed by atoms with Crippen LogP contribution in [0.5, 0.6) is 0 Å². The first-order valence-electron chi connectivity index (χ1n) is 16.4. The number of anilines is 1. The zero-order valence-electron chi connectivity index (χ0n) is 27.5. The molecule has 10 atom stereocenters. The molecule has 4 aliphatic rings. The van der Waals surface area contributed by atoms with E-state index in [4.69, 9.17) is 36.3 Å². The smallest absolute Gasteiger partial charge is 0.303 e. The van der Waals surface area contributed by atoms with E-state index in [-0.39, 0.29) is 44.3 Å². The van der Waals surface area contributed by atoms with Crippen molar-refractivity contribution in [3.63, 3.8) is 0 Å². The van der Waals surface area contributed by atoms with Gasteiger partial charge in [0.1, 0.15) is 47.1 Å². The third-order valence-electron chi connectivity index (χ3n) is 10.6. The first kappa shape index (κ1) is 39.1. The highest BCUT2D eigenvalue weighted by Crippen LogP contribution is 2.56. The van der Waals surface area contributed by atoms with E-state index in [1.165, 1.54) is 39.2 Å². The molecule has 2 unspecified atom stereocenters. The molecule has 0 amide bonds. The van der Waals surface area contributed by atoms with Gasteiger partial charge in [-0.3, -0.25) is 18.7 Å². The number of aliphatic hydroxyl groups excluding tert-OH is 3. The van der Waals surface area contributed by atoms with Gasteiger partial charge in [0.15, 0.2) is 46.9 Å². The standard InChI is InChI=1S/C18H21ClN4O5.C13H17N5O4.2CH4/c1-4-11-5-6-18(11)14(27-10(3)25)13(26-9(2)24)17(28-18)23-8-22-12-15(19)20-7-21-16(12)23;14-10-7-11(16-4-15-10)18(5-17-7)12-8(20)9(21)13(22-12)2-1-6(13)3-19;;/h7-8,11,13-14,17H,4-6H2,1-3H3;4-6,8-9,12,19-21H,1-3H2,(H2,14,15,16);2*1H4/t11-,13?,14-,17-,18-;6-,8?,9+,12+,13+;;/m10../s1. The molecule has 18 nitrogen and oxygen atoms in total. The van der Waals surface area contributed by atoms with Crippen molar-refractivity contribution < 1.29 is 43.9 Å². The number of hydrogen-bond acceptors (Lipinski definition) is 16. The van der Waals surface area contributed by atoms with E-state index in [0.717, 1.165) is 19.3 Å². The predicted octanol–water partition coefficient (Wildman–Crippen LogP) is 2.50. The number of halogens is 1. The molecule has 2 spiro atoms. The van der Waals surface area contributed by atoms with Crippen molar-refractivity contribution in [2.45, 2.75) is 116 Å². The zero-order valence-corrected chi connectivity index (χ0v) is 28.3. The fraction of sp³-hybridized carbons (Fsp3) is 0.636. The normalized spacial score (nSPS) is 33.1. The van der Waals surface area contributed by atoms with Gasteiger partial charge in [0.2, 0.25) is 0 Å². The van der Waals surface area contributed by atoms with Crippen molar-refractivity contribution in [1.29, 1.82) is 0 Å². The number of carbonyl (C=O) groups excluding carboxylic acids is 2. The molecule has 4 aromatic rings. The number of nitrogen functional groups attached to an aromatic ring is 1. The van der Waals surface area contributed by atoms with E-state index < -0.39 is 60.0 Å². The minimum atomic E-state index is -1.14. The molecule has 4 fully saturated rings. The Morgan fingerprint density at radius 1 is 0.885 bits per heavy atom. The average molecular weight is 748 g/mol. The topological polar surface area (TPSA) is 245 Å². The van der Waals surface area contributed by atoms with Crippen molar-refractivity contribution in [1.82, 2.24) is 39.0 Å². The molecule has 0 radical (unpaired) electrons. The van der Waals surface area contributed by atoms with E-state index in [2.05, 4.69) is 36.8 Å². The highest BCUT2D eigenvalue weighted by Gasteiger charge is 2.66. The maximum atomic E-state index is 11.8. The third-order valence-corrected chi connectivity index (χ3v) is 10.8. The fourth-order valence-corrected chi connectivity index (χ4v) is 8.07. The van der Waals surface area contributed by atoms with Crippen LogP contribution in [0.3, 0.4) is 0 Å². The Kier molecular flexibility index (Phi) is 11.1. The van der Waals surface area contributed by atoms with E-state index in [9.17, 15) is 24.9 Å². The highest BCUT2D eigenvalue weighted by molar-refractivity contribution is 6.33. The lowest BCUT2D eigenvalue weighted by Gasteiger charge is -2.48. The summed E-state index contributed by atoms with van der Waals surface area (Å²) in [4.78, 5) is 48.3. The number of nitrogens with two attached hydrogens (primary N) is 1. The molecule has 2 saturated heterocycles. The van der Waals surface area contributed by atoms with E-state index in [1.54, 1.807) is 9.13 Å². The van der Waals surface area contributed by atoms with Crippen LogP contribution in [0, 0.1) is 11.8 Å². The number of esters is 2. The molecule has 19 heteroatoms. The number of fused-ring (bicyclic) bond motifs is 2. The molecule has 2 aliphatic heterocycles. The van der Waals surface area contributed by atoms with E-state index >= 15 is 0 Å². The van der Waals surface area contributed by atoms with E-state index in [0.29, 0.717) is 35.2 Å². The second-order valence-electron chi connectivity index (χ2n) is 13.1. The predicted molar refractivity (Wildman–Crippen MR) is 185 cm³/mol. The molecule has 8 rings (SSSR count). The van der Waals surface area contributed by atoms with Crippen LogP contribution in [0.2, 0.25) is 5.15 Å². The van der Waals surface area contributed by atoms with Crippen molar-refractivity contribution in [2.24, 2.45) is 11.8 Å². The third kappa shape index (κ3) is 6.04. The van der Waals surface area contributed by atoms with Crippen LogP contribution in [0.4, 0.5) is 5.82 Å². The number of aliphatic hydroxyl groups is 3. The van der Waals surface area contributed by atoms with Crippen molar-refractivity contribution in [3.05, 3.63) is 30.5 Å². The second kappa shape index (κ2) is 14.7. The molecule has 4 aromatic heterocycles. The summed E-state index contributed by atoms with van der Waals surface area (Å²) in [5.41, 5.74) is 5.85. The maximum Gasteiger partial charge on any atom is 0.303 e. The van der Waals surface area contributed by atoms with Gasteiger partial charge in [-0.15, -0.1) is 0 Å². The first-order valence-corrected chi connectivity index (χ1v) is 16.8. The first-order chi connectivity index (χ1) is 24.0. The minimum Gasteiger partial charge on any atom is -0.455 e. The van der Waals surface area contributed by atoms with Crippen molar-refractivity contribution in [2.75, 3.05) is 12.3 Å². The summed E-state index contributed by atoms with van der Waals surface area (Å²) < 4.78 is 26.9. The van der Waals surface area contributed by atoms with Gasteiger partial charge in [0, 0.05) is 26.4 Å². The maximum absolute atomic E-state index is 11.8. The Balaban J connectivity index is 0.000000198. The minimum absolute atomic E-state index is 0. The molecule has 6 heterocycles. The summed E-state index contributed by atoms with van der Waals surface area (Å²) in [6.07, 6.45) is 4.16. The zero-order chi connectivity index (χ0) is 35.5. The van der Waals surface area contributed by atoms with Crippen LogP contribution in [-0.4, -0.2) is 109 Å². The van der Waals surface area contributed by atoms with Crippen molar-refractivity contribution in [3.8, 4) is 0 Å². The summed E-state index contributed by atoms with van der Waals surface area (Å²) >= 11 is 6.11. The molecule has 5 N–H and O–H groups in total. The number of carbonyl (C=O) groups is 2. The molecular weight excluding hydrogens is 702 g/mol. The van der Waals surface area contributed by atoms with Crippen LogP contribution in [-0.2, 0) is 28.5 Å². The molecule has 0 bridgehead atoms. The summed E-state index contributed by atoms with van der Waals surface area (Å²) in [7, 11) is 0. The molecule has 2 aliphatic carbocycles. The lowest BCUT2D eigenvalue weighted by atomic mass is 9.65. The van der Waals surface area contributed by atoms with Gasteiger partial charge in [0.25, 0.3) is 0 Å². The average Bonchev–Trinajstić information content (AvgIpc) is 3.82. The number of rotatable bonds is 6. The lowest BCUT2D eigenvalue weighted by molar-refractivity contribution is -0.200. The Hall–Kier alpha value is -4.07. The second-order valence-corrected chi connectivity index (χ2v) is 13.5. The number of ether oxygens (including phenoxy) is 4. The fourth-order valence-electron chi connectivity index (χ4n) is 7.89. The number of nitrogens with zero attached hydrogens (tertiary/aromatic N) is 8. The van der Waals surface area contributed by atoms with Gasteiger partial charge in [-0.25, -0.2) is 29.9 Å². The monoisotopic (exact) mass is 747 g/mol. The van der Waals surface area contributed by atoms with Crippen LogP contribution in [0.25, 0.3) is 22.3 Å². The molecule has 52 heavy (non-hydrogen) atoms. The number of hydrogen-bond donors (Lipinski definition) is 4. The summed E-state index contributed by atoms with van der Waals surface area (Å²) in [5, 5.41) is 30.4. The Morgan fingerprint density at radius 2 is 1.46 bits per heavy atom. The largest absolute Gasteiger partial charge is 0.455 e. The molecular formula is C33H46ClN9O9. The van der Waals surface area contributed by atoms with E-state index in [1.807, 2.05) is 0 Å². The summed E-state index contributed by atoms with van der Waals surface area (Å²) in [6.45, 7) is 4.63. The van der Waals surface area contributed by atoms with Crippen LogP contribution in [0.1, 0.15) is 80.2 Å². The van der Waals surface area contributed by atoms with Crippen molar-refractivity contribution >= 4 is 51.7 Å².